The van der Waals surface area contributed by atoms with Crippen molar-refractivity contribution in [1.82, 2.24) is 9.13 Å². The lowest BCUT2D eigenvalue weighted by Gasteiger charge is -2.30. The van der Waals surface area contributed by atoms with E-state index in [1.54, 1.807) is 9.80 Å². The van der Waals surface area contributed by atoms with Crippen LogP contribution in [0.2, 0.25) is 0 Å². The highest BCUT2D eigenvalue weighted by Crippen LogP contribution is 2.16. The summed E-state index contributed by atoms with van der Waals surface area (Å²) in [5, 5.41) is 18.4. The van der Waals surface area contributed by atoms with Crippen LogP contribution in [-0.2, 0) is 13.3 Å². The van der Waals surface area contributed by atoms with Crippen LogP contribution < -0.4 is 19.6 Å². The Labute approximate surface area is 183 Å². The molecule has 30 heavy (non-hydrogen) atoms. The number of nitrogens with one attached hydrogen (secondary N) is 4. The molecule has 0 amide bonds. The first-order valence-corrected chi connectivity index (χ1v) is 11.8. The molecule has 0 spiro atoms. The van der Waals surface area contributed by atoms with Gasteiger partial charge in [-0.2, -0.15) is 0 Å². The van der Waals surface area contributed by atoms with Gasteiger partial charge in [-0.05, 0) is 24.4 Å². The highest BCUT2D eigenvalue weighted by atomic mass is 32.1. The summed E-state index contributed by atoms with van der Waals surface area (Å²) < 4.78 is 5.61. The highest BCUT2D eigenvalue weighted by Gasteiger charge is 2.26. The summed E-state index contributed by atoms with van der Waals surface area (Å²) >= 11 is 5.98. The number of piperazine rings is 2. The molecule has 9 heteroatoms. The van der Waals surface area contributed by atoms with Crippen LogP contribution >= 0.6 is 12.2 Å². The van der Waals surface area contributed by atoms with Crippen molar-refractivity contribution in [2.75, 3.05) is 78.7 Å². The van der Waals surface area contributed by atoms with Gasteiger partial charge in [-0.3, -0.25) is 9.13 Å². The second kappa shape index (κ2) is 10.3. The monoisotopic (exact) mass is 438 g/mol. The van der Waals surface area contributed by atoms with Gasteiger partial charge in [-0.25, -0.2) is 0 Å². The number of aliphatic hydroxyl groups excluding tert-OH is 2. The molecule has 0 saturated carbocycles. The summed E-state index contributed by atoms with van der Waals surface area (Å²) in [6.45, 7) is 13.1. The fourth-order valence-corrected chi connectivity index (χ4v) is 5.40. The van der Waals surface area contributed by atoms with Crippen LogP contribution in [0.15, 0.2) is 24.3 Å². The molecule has 2 saturated heterocycles. The van der Waals surface area contributed by atoms with Crippen molar-refractivity contribution >= 4 is 23.3 Å². The molecular formula is C21H38N6O2S+4. The summed E-state index contributed by atoms with van der Waals surface area (Å²) in [5.74, 6) is 0. The third-order valence-electron chi connectivity index (χ3n) is 6.95. The number of quaternary nitrogens is 4. The SMILES string of the molecule is OCC[NH+]1CC[NH+](Cn2c(=S)n(C[NH+]3CC[NH+](CCO)CC3)c3ccccc32)CC1. The number of benzene rings is 1. The number of nitrogens with zero attached hydrogens (tertiary/aromatic N) is 2. The normalized spacial score (nSPS) is 27.5. The van der Waals surface area contributed by atoms with Gasteiger partial charge in [0.15, 0.2) is 18.1 Å². The number of rotatable bonds is 8. The fourth-order valence-electron chi connectivity index (χ4n) is 5.07. The van der Waals surface area contributed by atoms with Crippen LogP contribution in [0.1, 0.15) is 0 Å². The van der Waals surface area contributed by atoms with Gasteiger partial charge < -0.3 is 29.8 Å². The lowest BCUT2D eigenvalue weighted by Crippen LogP contribution is -3.28. The zero-order valence-corrected chi connectivity index (χ0v) is 18.7. The second-order valence-corrected chi connectivity index (χ2v) is 9.26. The molecule has 1 aromatic heterocycles. The minimum Gasteiger partial charge on any atom is -0.391 e. The van der Waals surface area contributed by atoms with Gasteiger partial charge in [0.1, 0.15) is 65.4 Å². The van der Waals surface area contributed by atoms with Gasteiger partial charge in [-0.1, -0.05) is 12.1 Å². The fraction of sp³-hybridized carbons (Fsp3) is 0.667. The van der Waals surface area contributed by atoms with Gasteiger partial charge in [-0.15, -0.1) is 0 Å². The zero-order valence-electron chi connectivity index (χ0n) is 17.9. The molecule has 1 aromatic carbocycles. The second-order valence-electron chi connectivity index (χ2n) is 8.89. The van der Waals surface area contributed by atoms with Crippen molar-refractivity contribution in [2.45, 2.75) is 13.3 Å². The first kappa shape index (κ1) is 21.9. The average Bonchev–Trinajstić information content (AvgIpc) is 3.03. The molecule has 2 aromatic rings. The number of hydrogen-bond acceptors (Lipinski definition) is 3. The molecule has 166 valence electrons. The molecular weight excluding hydrogens is 400 g/mol. The molecule has 2 aliphatic rings. The Kier molecular flexibility index (Phi) is 7.53. The Morgan fingerprint density at radius 1 is 0.667 bits per heavy atom. The molecule has 2 aliphatic heterocycles. The van der Waals surface area contributed by atoms with E-state index in [2.05, 4.69) is 33.4 Å². The van der Waals surface area contributed by atoms with E-state index < -0.39 is 0 Å². The van der Waals surface area contributed by atoms with Crippen molar-refractivity contribution in [3.63, 3.8) is 0 Å². The van der Waals surface area contributed by atoms with Crippen molar-refractivity contribution in [1.29, 1.82) is 0 Å². The van der Waals surface area contributed by atoms with E-state index in [-0.39, 0.29) is 13.2 Å². The average molecular weight is 439 g/mol. The number of para-hydroxylation sites is 2. The van der Waals surface area contributed by atoms with E-state index in [0.717, 1.165) is 83.6 Å². The molecule has 0 bridgehead atoms. The number of imidazole rings is 1. The smallest absolute Gasteiger partial charge is 0.189 e. The Hall–Kier alpha value is -1.33. The molecule has 3 heterocycles. The van der Waals surface area contributed by atoms with E-state index in [9.17, 15) is 10.2 Å². The number of hydrogen-bond donors (Lipinski definition) is 6. The van der Waals surface area contributed by atoms with Crippen molar-refractivity contribution in [2.24, 2.45) is 0 Å². The van der Waals surface area contributed by atoms with E-state index in [1.165, 1.54) is 20.8 Å². The van der Waals surface area contributed by atoms with Gasteiger partial charge in [0.2, 0.25) is 0 Å². The predicted octanol–water partition coefficient (Wildman–Crippen LogP) is -5.36. The van der Waals surface area contributed by atoms with E-state index in [1.807, 2.05) is 0 Å². The van der Waals surface area contributed by atoms with Crippen LogP contribution in [0, 0.1) is 4.77 Å². The molecule has 0 aliphatic carbocycles. The maximum Gasteiger partial charge on any atom is 0.189 e. The summed E-state index contributed by atoms with van der Waals surface area (Å²) in [5.41, 5.74) is 2.48. The minimum atomic E-state index is 0.279. The Morgan fingerprint density at radius 3 is 1.40 bits per heavy atom. The molecule has 0 radical (unpaired) electrons. The van der Waals surface area contributed by atoms with Crippen LogP contribution in [0.4, 0.5) is 0 Å². The maximum atomic E-state index is 9.19. The number of aromatic nitrogens is 2. The minimum absolute atomic E-state index is 0.279. The Balaban J connectivity index is 1.47. The zero-order chi connectivity index (χ0) is 20.9. The molecule has 0 unspecified atom stereocenters. The maximum absolute atomic E-state index is 9.19. The lowest BCUT2D eigenvalue weighted by molar-refractivity contribution is -1.02. The lowest BCUT2D eigenvalue weighted by atomic mass is 10.3. The van der Waals surface area contributed by atoms with Crippen LogP contribution in [-0.4, -0.2) is 98.0 Å². The van der Waals surface area contributed by atoms with Gasteiger partial charge in [0.05, 0.1) is 24.2 Å². The molecule has 8 nitrogen and oxygen atoms in total. The molecule has 4 rings (SSSR count). The largest absolute Gasteiger partial charge is 0.391 e. The third kappa shape index (κ3) is 4.94. The van der Waals surface area contributed by atoms with Crippen LogP contribution in [0.25, 0.3) is 11.0 Å². The van der Waals surface area contributed by atoms with E-state index in [0.29, 0.717) is 0 Å². The third-order valence-corrected chi connectivity index (χ3v) is 7.39. The first-order chi connectivity index (χ1) is 14.7. The summed E-state index contributed by atoms with van der Waals surface area (Å²) in [4.78, 5) is 6.17. The van der Waals surface area contributed by atoms with Gasteiger partial charge >= 0.3 is 0 Å². The predicted molar refractivity (Wildman–Crippen MR) is 117 cm³/mol. The number of aliphatic hydroxyl groups is 2. The van der Waals surface area contributed by atoms with Crippen molar-refractivity contribution < 1.29 is 29.8 Å². The summed E-state index contributed by atoms with van der Waals surface area (Å²) in [7, 11) is 0. The van der Waals surface area contributed by atoms with Gasteiger partial charge in [0.25, 0.3) is 0 Å². The summed E-state index contributed by atoms with van der Waals surface area (Å²) in [6.07, 6.45) is 0. The molecule has 0 atom stereocenters. The molecule has 6 N–H and O–H groups in total. The van der Waals surface area contributed by atoms with Crippen LogP contribution in [0.3, 0.4) is 0 Å². The molecule has 2 fully saturated rings. The van der Waals surface area contributed by atoms with Crippen molar-refractivity contribution in [3.05, 3.63) is 29.0 Å². The van der Waals surface area contributed by atoms with E-state index >= 15 is 0 Å². The topological polar surface area (TPSA) is 68.1 Å². The standard InChI is InChI=1S/C21H34N6O2S/c28-15-13-22-5-9-24(10-6-22)17-26-19-3-1-2-4-20(19)27(21(26)30)18-25-11-7-23(8-12-25)14-16-29/h1-4,28-29H,5-18H2/p+4. The van der Waals surface area contributed by atoms with E-state index in [4.69, 9.17) is 12.2 Å². The number of fused-ring (bicyclic) bond motifs is 1. The first-order valence-electron chi connectivity index (χ1n) is 11.4. The van der Waals surface area contributed by atoms with Crippen LogP contribution in [0.5, 0.6) is 0 Å². The van der Waals surface area contributed by atoms with Gasteiger partial charge in [0, 0.05) is 0 Å². The highest BCUT2D eigenvalue weighted by molar-refractivity contribution is 7.71. The quantitative estimate of drug-likeness (QED) is 0.233. The summed E-state index contributed by atoms with van der Waals surface area (Å²) in [6, 6.07) is 8.63. The van der Waals surface area contributed by atoms with Crippen molar-refractivity contribution in [3.8, 4) is 0 Å². The Morgan fingerprint density at radius 2 is 1.03 bits per heavy atom. The Bertz CT molecular complexity index is 800.